The summed E-state index contributed by atoms with van der Waals surface area (Å²) in [5.74, 6) is -1.57. The van der Waals surface area contributed by atoms with Gasteiger partial charge in [0, 0.05) is 0 Å². The van der Waals surface area contributed by atoms with Gasteiger partial charge >= 0.3 is 5.97 Å². The summed E-state index contributed by atoms with van der Waals surface area (Å²) in [6.07, 6.45) is -3.03. The molecular formula is C8H3F2IN2O2. The number of hydrogen-bond acceptors (Lipinski definition) is 3. The van der Waals surface area contributed by atoms with Crippen molar-refractivity contribution in [2.75, 3.05) is 0 Å². The first-order valence-corrected chi connectivity index (χ1v) is 4.67. The zero-order valence-corrected chi connectivity index (χ0v) is 9.20. The van der Waals surface area contributed by atoms with Gasteiger partial charge in [-0.2, -0.15) is 5.26 Å². The molecule has 1 aromatic heterocycles. The molecule has 78 valence electrons. The second kappa shape index (κ2) is 4.48. The second-order valence-electron chi connectivity index (χ2n) is 2.47. The number of hydrogen-bond donors (Lipinski definition) is 1. The van der Waals surface area contributed by atoms with Crippen molar-refractivity contribution in [2.45, 2.75) is 6.43 Å². The number of carboxylic acids is 1. The van der Waals surface area contributed by atoms with E-state index in [1.165, 1.54) is 6.07 Å². The van der Waals surface area contributed by atoms with Gasteiger partial charge in [0.2, 0.25) is 0 Å². The van der Waals surface area contributed by atoms with Crippen molar-refractivity contribution in [3.63, 3.8) is 0 Å². The van der Waals surface area contributed by atoms with Gasteiger partial charge in [0.15, 0.2) is 5.69 Å². The highest BCUT2D eigenvalue weighted by Gasteiger charge is 2.24. The van der Waals surface area contributed by atoms with E-state index in [0.717, 1.165) is 6.07 Å². The van der Waals surface area contributed by atoms with Crippen LogP contribution in [0.5, 0.6) is 0 Å². The summed E-state index contributed by atoms with van der Waals surface area (Å²) in [6.45, 7) is 0. The van der Waals surface area contributed by atoms with Gasteiger partial charge in [-0.3, -0.25) is 0 Å². The molecule has 0 radical (unpaired) electrons. The number of aromatic carboxylic acids is 1. The van der Waals surface area contributed by atoms with Crippen molar-refractivity contribution in [1.82, 2.24) is 4.98 Å². The summed E-state index contributed by atoms with van der Waals surface area (Å²) >= 11 is 1.66. The molecule has 7 heteroatoms. The zero-order valence-electron chi connectivity index (χ0n) is 7.04. The van der Waals surface area contributed by atoms with E-state index in [-0.39, 0.29) is 9.26 Å². The van der Waals surface area contributed by atoms with Crippen LogP contribution in [0.25, 0.3) is 0 Å². The third kappa shape index (κ3) is 2.38. The number of alkyl halides is 2. The fourth-order valence-electron chi connectivity index (χ4n) is 1.00. The number of halogens is 3. The summed E-state index contributed by atoms with van der Waals surface area (Å²) in [5.41, 5.74) is -1.96. The van der Waals surface area contributed by atoms with E-state index in [1.54, 1.807) is 22.6 Å². The first-order chi connectivity index (χ1) is 6.97. The highest BCUT2D eigenvalue weighted by Crippen LogP contribution is 2.26. The van der Waals surface area contributed by atoms with Crippen LogP contribution in [0.3, 0.4) is 0 Å². The molecule has 0 amide bonds. The van der Waals surface area contributed by atoms with E-state index in [9.17, 15) is 13.6 Å². The van der Waals surface area contributed by atoms with Crippen molar-refractivity contribution < 1.29 is 18.7 Å². The number of aromatic nitrogens is 1. The minimum absolute atomic E-state index is 0.186. The van der Waals surface area contributed by atoms with Gasteiger partial charge in [-0.05, 0) is 28.7 Å². The Morgan fingerprint density at radius 3 is 2.67 bits per heavy atom. The SMILES string of the molecule is N#Cc1cc(I)nc(C(=O)O)c1C(F)F. The molecule has 0 bridgehead atoms. The van der Waals surface area contributed by atoms with Crippen LogP contribution in [-0.2, 0) is 0 Å². The average Bonchev–Trinajstić information content (AvgIpc) is 2.15. The van der Waals surface area contributed by atoms with Crippen LogP contribution in [0.1, 0.15) is 28.0 Å². The Hall–Kier alpha value is -1.30. The maximum atomic E-state index is 12.5. The lowest BCUT2D eigenvalue weighted by Gasteiger charge is -2.06. The fourth-order valence-corrected chi connectivity index (χ4v) is 1.55. The molecule has 0 unspecified atom stereocenters. The van der Waals surface area contributed by atoms with E-state index in [0.29, 0.717) is 0 Å². The lowest BCUT2D eigenvalue weighted by molar-refractivity contribution is 0.0676. The fraction of sp³-hybridized carbons (Fsp3) is 0.125. The standard InChI is InChI=1S/C8H3F2IN2O2/c9-7(10)5-3(2-12)1-4(11)13-6(5)8(14)15/h1,7H,(H,14,15). The van der Waals surface area contributed by atoms with E-state index < -0.39 is 23.7 Å². The molecule has 0 atom stereocenters. The molecule has 0 aliphatic carbocycles. The summed E-state index contributed by atoms with van der Waals surface area (Å²) in [6, 6.07) is 2.64. The Morgan fingerprint density at radius 1 is 1.67 bits per heavy atom. The number of rotatable bonds is 2. The number of carbonyl (C=O) groups is 1. The van der Waals surface area contributed by atoms with Crippen LogP contribution in [-0.4, -0.2) is 16.1 Å². The van der Waals surface area contributed by atoms with Crippen LogP contribution in [0.4, 0.5) is 8.78 Å². The average molecular weight is 324 g/mol. The van der Waals surface area contributed by atoms with Gasteiger partial charge in [0.05, 0.1) is 17.2 Å². The van der Waals surface area contributed by atoms with Crippen molar-refractivity contribution in [3.05, 3.63) is 26.6 Å². The van der Waals surface area contributed by atoms with Crippen molar-refractivity contribution in [3.8, 4) is 6.07 Å². The maximum Gasteiger partial charge on any atom is 0.355 e. The molecule has 0 aromatic carbocycles. The number of nitriles is 1. The minimum Gasteiger partial charge on any atom is -0.476 e. The predicted octanol–water partition coefficient (Wildman–Crippen LogP) is 2.19. The maximum absolute atomic E-state index is 12.5. The van der Waals surface area contributed by atoms with Crippen LogP contribution in [0.2, 0.25) is 0 Å². The van der Waals surface area contributed by atoms with Crippen LogP contribution < -0.4 is 0 Å². The molecule has 1 heterocycles. The van der Waals surface area contributed by atoms with Gasteiger partial charge in [-0.1, -0.05) is 0 Å². The molecular weight excluding hydrogens is 321 g/mol. The van der Waals surface area contributed by atoms with Crippen molar-refractivity contribution in [1.29, 1.82) is 5.26 Å². The zero-order chi connectivity index (χ0) is 11.6. The molecule has 1 aromatic rings. The highest BCUT2D eigenvalue weighted by atomic mass is 127. The summed E-state index contributed by atoms with van der Waals surface area (Å²) < 4.78 is 25.2. The van der Waals surface area contributed by atoms with Gasteiger partial charge in [0.1, 0.15) is 3.70 Å². The molecule has 1 N–H and O–H groups in total. The quantitative estimate of drug-likeness (QED) is 0.668. The summed E-state index contributed by atoms with van der Waals surface area (Å²) in [5, 5.41) is 17.2. The largest absolute Gasteiger partial charge is 0.476 e. The van der Waals surface area contributed by atoms with E-state index in [4.69, 9.17) is 10.4 Å². The normalized spacial score (nSPS) is 10.1. The second-order valence-corrected chi connectivity index (χ2v) is 3.58. The Balaban J connectivity index is 3.56. The third-order valence-corrected chi connectivity index (χ3v) is 2.12. The molecule has 15 heavy (non-hydrogen) atoms. The lowest BCUT2D eigenvalue weighted by Crippen LogP contribution is -2.09. The Kier molecular flexibility index (Phi) is 3.52. The first-order valence-electron chi connectivity index (χ1n) is 3.59. The van der Waals surface area contributed by atoms with Gasteiger partial charge in [-0.25, -0.2) is 18.6 Å². The topological polar surface area (TPSA) is 74.0 Å². The Morgan fingerprint density at radius 2 is 2.27 bits per heavy atom. The van der Waals surface area contributed by atoms with Crippen molar-refractivity contribution in [2.24, 2.45) is 0 Å². The van der Waals surface area contributed by atoms with E-state index in [1.807, 2.05) is 0 Å². The third-order valence-electron chi connectivity index (χ3n) is 1.57. The molecule has 0 spiro atoms. The molecule has 0 fully saturated rings. The van der Waals surface area contributed by atoms with Crippen molar-refractivity contribution >= 4 is 28.6 Å². The van der Waals surface area contributed by atoms with Crippen LogP contribution >= 0.6 is 22.6 Å². The number of nitrogens with zero attached hydrogens (tertiary/aromatic N) is 2. The monoisotopic (exact) mass is 324 g/mol. The molecule has 0 saturated carbocycles. The van der Waals surface area contributed by atoms with Crippen LogP contribution in [0.15, 0.2) is 6.07 Å². The van der Waals surface area contributed by atoms with E-state index >= 15 is 0 Å². The summed E-state index contributed by atoms with van der Waals surface area (Å²) in [4.78, 5) is 14.1. The lowest BCUT2D eigenvalue weighted by atomic mass is 10.1. The van der Waals surface area contributed by atoms with Crippen LogP contribution in [0, 0.1) is 15.0 Å². The highest BCUT2D eigenvalue weighted by molar-refractivity contribution is 14.1. The molecule has 1 rings (SSSR count). The van der Waals surface area contributed by atoms with Gasteiger partial charge in [-0.15, -0.1) is 0 Å². The first kappa shape index (κ1) is 11.8. The summed E-state index contributed by atoms with van der Waals surface area (Å²) in [7, 11) is 0. The smallest absolute Gasteiger partial charge is 0.355 e. The molecule has 0 saturated heterocycles. The van der Waals surface area contributed by atoms with E-state index in [2.05, 4.69) is 4.98 Å². The minimum atomic E-state index is -3.03. The predicted molar refractivity (Wildman–Crippen MR) is 53.6 cm³/mol. The Bertz CT molecular complexity index is 457. The number of pyridine rings is 1. The van der Waals surface area contributed by atoms with Gasteiger partial charge in [0.25, 0.3) is 6.43 Å². The number of carboxylic acid groups (broad SMARTS) is 1. The molecule has 4 nitrogen and oxygen atoms in total. The molecule has 0 aliphatic rings. The Labute approximate surface area is 96.7 Å². The molecule has 0 aliphatic heterocycles. The van der Waals surface area contributed by atoms with Gasteiger partial charge < -0.3 is 5.11 Å².